The van der Waals surface area contributed by atoms with Gasteiger partial charge in [0.25, 0.3) is 5.91 Å². The second-order valence-electron chi connectivity index (χ2n) is 3.96. The van der Waals surface area contributed by atoms with Gasteiger partial charge in [-0.2, -0.15) is 10.1 Å². The monoisotopic (exact) mass is 272 g/mol. The van der Waals surface area contributed by atoms with Crippen LogP contribution in [0.15, 0.2) is 47.1 Å². The summed E-state index contributed by atoms with van der Waals surface area (Å²) < 4.78 is 18.3. The molecule has 0 fully saturated rings. The van der Waals surface area contributed by atoms with Crippen LogP contribution >= 0.6 is 0 Å². The highest BCUT2D eigenvalue weighted by molar-refractivity contribution is 6.01. The molecule has 0 saturated heterocycles. The molecule has 2 aromatic heterocycles. The number of carbonyl (C=O) groups excluding carboxylic acids is 1. The van der Waals surface area contributed by atoms with Crippen LogP contribution in [0.1, 0.15) is 10.6 Å². The van der Waals surface area contributed by atoms with Crippen molar-refractivity contribution in [3.8, 4) is 11.3 Å². The van der Waals surface area contributed by atoms with Crippen LogP contribution in [-0.4, -0.2) is 21.1 Å². The van der Waals surface area contributed by atoms with Crippen molar-refractivity contribution in [2.45, 2.75) is 0 Å². The van der Waals surface area contributed by atoms with E-state index in [0.717, 1.165) is 0 Å². The molecule has 7 heteroatoms. The molecule has 0 unspecified atom stereocenters. The molecule has 0 aliphatic carbocycles. The molecule has 1 aromatic carbocycles. The summed E-state index contributed by atoms with van der Waals surface area (Å²) in [6, 6.07) is 8.98. The average molecular weight is 272 g/mol. The smallest absolute Gasteiger partial charge is 0.293 e. The van der Waals surface area contributed by atoms with Crippen molar-refractivity contribution in [1.82, 2.24) is 15.2 Å². The van der Waals surface area contributed by atoms with Gasteiger partial charge in [0.1, 0.15) is 17.9 Å². The van der Waals surface area contributed by atoms with Gasteiger partial charge in [0, 0.05) is 5.56 Å². The van der Waals surface area contributed by atoms with E-state index in [-0.39, 0.29) is 17.5 Å². The number of nitrogens with one attached hydrogen (secondary N) is 2. The van der Waals surface area contributed by atoms with Crippen molar-refractivity contribution < 1.29 is 13.6 Å². The van der Waals surface area contributed by atoms with Crippen LogP contribution in [0.5, 0.6) is 0 Å². The standard InChI is InChI=1S/C13H9FN4O2/c14-9-3-1-8(2-4-9)10-5-6-11(20-10)12(19)17-13-15-7-16-18-13/h1-7H,(H2,15,16,17,18,19). The molecule has 0 aliphatic heterocycles. The highest BCUT2D eigenvalue weighted by atomic mass is 19.1. The largest absolute Gasteiger partial charge is 0.451 e. The first-order chi connectivity index (χ1) is 9.72. The van der Waals surface area contributed by atoms with E-state index in [1.54, 1.807) is 18.2 Å². The van der Waals surface area contributed by atoms with E-state index in [1.807, 2.05) is 0 Å². The van der Waals surface area contributed by atoms with Crippen LogP contribution in [0.25, 0.3) is 11.3 Å². The van der Waals surface area contributed by atoms with Gasteiger partial charge in [-0.3, -0.25) is 10.1 Å². The molecule has 0 saturated carbocycles. The van der Waals surface area contributed by atoms with Crippen LogP contribution in [0.3, 0.4) is 0 Å². The first-order valence-corrected chi connectivity index (χ1v) is 5.75. The Morgan fingerprint density at radius 1 is 1.20 bits per heavy atom. The second kappa shape index (κ2) is 4.96. The van der Waals surface area contributed by atoms with E-state index in [1.165, 1.54) is 24.5 Å². The molecule has 0 aliphatic rings. The van der Waals surface area contributed by atoms with E-state index in [0.29, 0.717) is 11.3 Å². The molecule has 2 heterocycles. The minimum atomic E-state index is -0.449. The first-order valence-electron chi connectivity index (χ1n) is 5.75. The van der Waals surface area contributed by atoms with Crippen molar-refractivity contribution in [3.05, 3.63) is 54.3 Å². The Bertz CT molecular complexity index is 719. The maximum absolute atomic E-state index is 12.8. The molecule has 100 valence electrons. The number of anilines is 1. The molecule has 3 aromatic rings. The van der Waals surface area contributed by atoms with Crippen molar-refractivity contribution in [3.63, 3.8) is 0 Å². The van der Waals surface area contributed by atoms with Gasteiger partial charge in [-0.15, -0.1) is 0 Å². The number of hydrogen-bond donors (Lipinski definition) is 2. The highest BCUT2D eigenvalue weighted by Crippen LogP contribution is 2.22. The number of H-pyrrole nitrogens is 1. The number of halogens is 1. The van der Waals surface area contributed by atoms with Crippen molar-refractivity contribution in [1.29, 1.82) is 0 Å². The minimum Gasteiger partial charge on any atom is -0.451 e. The SMILES string of the molecule is O=C(Nc1ncn[nH]1)c1ccc(-c2ccc(F)cc2)o1. The van der Waals surface area contributed by atoms with E-state index < -0.39 is 5.91 Å². The zero-order chi connectivity index (χ0) is 13.9. The van der Waals surface area contributed by atoms with Crippen molar-refractivity contribution in [2.24, 2.45) is 0 Å². The Labute approximate surface area is 112 Å². The maximum atomic E-state index is 12.8. The number of aromatic amines is 1. The van der Waals surface area contributed by atoms with Crippen LogP contribution in [0.2, 0.25) is 0 Å². The van der Waals surface area contributed by atoms with Gasteiger partial charge >= 0.3 is 0 Å². The van der Waals surface area contributed by atoms with Crippen molar-refractivity contribution >= 4 is 11.9 Å². The van der Waals surface area contributed by atoms with E-state index in [4.69, 9.17) is 4.42 Å². The van der Waals surface area contributed by atoms with Crippen LogP contribution in [-0.2, 0) is 0 Å². The molecule has 6 nitrogen and oxygen atoms in total. The lowest BCUT2D eigenvalue weighted by molar-refractivity contribution is 0.0996. The number of furan rings is 1. The molecule has 20 heavy (non-hydrogen) atoms. The first kappa shape index (κ1) is 12.1. The number of hydrogen-bond acceptors (Lipinski definition) is 4. The van der Waals surface area contributed by atoms with Gasteiger partial charge in [-0.25, -0.2) is 9.49 Å². The number of rotatable bonds is 3. The number of amides is 1. The zero-order valence-corrected chi connectivity index (χ0v) is 10.1. The molecule has 0 bridgehead atoms. The fraction of sp³-hybridized carbons (Fsp3) is 0. The summed E-state index contributed by atoms with van der Waals surface area (Å²) in [5.74, 6) is 0.0573. The summed E-state index contributed by atoms with van der Waals surface area (Å²) in [6.45, 7) is 0. The normalized spacial score (nSPS) is 10.4. The molecule has 0 spiro atoms. The highest BCUT2D eigenvalue weighted by Gasteiger charge is 2.13. The van der Waals surface area contributed by atoms with E-state index in [2.05, 4.69) is 20.5 Å². The van der Waals surface area contributed by atoms with Gasteiger partial charge in [0.05, 0.1) is 0 Å². The molecule has 1 amide bonds. The summed E-state index contributed by atoms with van der Waals surface area (Å²) in [4.78, 5) is 15.6. The van der Waals surface area contributed by atoms with Crippen LogP contribution in [0, 0.1) is 5.82 Å². The average Bonchev–Trinajstić information content (AvgIpc) is 3.10. The second-order valence-corrected chi connectivity index (χ2v) is 3.96. The number of carbonyl (C=O) groups is 1. The Morgan fingerprint density at radius 3 is 2.70 bits per heavy atom. The summed E-state index contributed by atoms with van der Waals surface area (Å²) in [6.07, 6.45) is 1.28. The fourth-order valence-electron chi connectivity index (χ4n) is 1.66. The molecule has 0 radical (unpaired) electrons. The molecular formula is C13H9FN4O2. The topological polar surface area (TPSA) is 83.8 Å². The summed E-state index contributed by atoms with van der Waals surface area (Å²) in [5.41, 5.74) is 0.685. The van der Waals surface area contributed by atoms with Gasteiger partial charge in [0.15, 0.2) is 5.76 Å². The number of benzene rings is 1. The van der Waals surface area contributed by atoms with Crippen molar-refractivity contribution in [2.75, 3.05) is 5.32 Å². The lowest BCUT2D eigenvalue weighted by Crippen LogP contribution is -2.11. The fourth-order valence-corrected chi connectivity index (χ4v) is 1.66. The summed E-state index contributed by atoms with van der Waals surface area (Å²) in [5, 5.41) is 8.61. The molecule has 2 N–H and O–H groups in total. The molecular weight excluding hydrogens is 263 g/mol. The van der Waals surface area contributed by atoms with E-state index in [9.17, 15) is 9.18 Å². The third kappa shape index (κ3) is 2.41. The van der Waals surface area contributed by atoms with Gasteiger partial charge in [-0.05, 0) is 36.4 Å². The Hall–Kier alpha value is -2.96. The lowest BCUT2D eigenvalue weighted by atomic mass is 10.2. The third-order valence-corrected chi connectivity index (χ3v) is 2.61. The Balaban J connectivity index is 1.79. The third-order valence-electron chi connectivity index (χ3n) is 2.61. The minimum absolute atomic E-state index is 0.126. The van der Waals surface area contributed by atoms with Crippen LogP contribution < -0.4 is 5.32 Å². The number of aromatic nitrogens is 3. The Kier molecular flexibility index (Phi) is 3.00. The predicted octanol–water partition coefficient (Wildman–Crippen LogP) is 2.46. The summed E-state index contributed by atoms with van der Waals surface area (Å²) in [7, 11) is 0. The Morgan fingerprint density at radius 2 is 2.00 bits per heavy atom. The van der Waals surface area contributed by atoms with Gasteiger partial charge < -0.3 is 4.42 Å². The zero-order valence-electron chi connectivity index (χ0n) is 10.1. The quantitative estimate of drug-likeness (QED) is 0.767. The van der Waals surface area contributed by atoms with Gasteiger partial charge in [-0.1, -0.05) is 0 Å². The van der Waals surface area contributed by atoms with Crippen LogP contribution in [0.4, 0.5) is 10.3 Å². The molecule has 3 rings (SSSR count). The predicted molar refractivity (Wildman–Crippen MR) is 68.4 cm³/mol. The molecule has 0 atom stereocenters. The van der Waals surface area contributed by atoms with Gasteiger partial charge in [0.2, 0.25) is 5.95 Å². The number of nitrogens with zero attached hydrogens (tertiary/aromatic N) is 2. The van der Waals surface area contributed by atoms with E-state index >= 15 is 0 Å². The summed E-state index contributed by atoms with van der Waals surface area (Å²) >= 11 is 0. The lowest BCUT2D eigenvalue weighted by Gasteiger charge is -1.98. The maximum Gasteiger partial charge on any atom is 0.293 e.